The molecule has 1 aromatic rings. The van der Waals surface area contributed by atoms with Gasteiger partial charge in [0.15, 0.2) is 0 Å². The van der Waals surface area contributed by atoms with E-state index in [0.717, 1.165) is 35.9 Å². The predicted molar refractivity (Wildman–Crippen MR) is 94.4 cm³/mol. The Morgan fingerprint density at radius 2 is 1.95 bits per heavy atom. The number of ether oxygens (including phenoxy) is 1. The van der Waals surface area contributed by atoms with Gasteiger partial charge in [-0.05, 0) is 69.4 Å². The summed E-state index contributed by atoms with van der Waals surface area (Å²) in [5, 5.41) is 4.45. The fourth-order valence-electron chi connectivity index (χ4n) is 2.87. The van der Waals surface area contributed by atoms with Gasteiger partial charge < -0.3 is 10.1 Å². The van der Waals surface area contributed by atoms with Crippen LogP contribution in [0, 0.1) is 5.92 Å². The molecule has 0 radical (unpaired) electrons. The van der Waals surface area contributed by atoms with Crippen molar-refractivity contribution in [2.45, 2.75) is 31.7 Å². The largest absolute Gasteiger partial charge is 0.492 e. The highest BCUT2D eigenvalue weighted by Crippen LogP contribution is 2.28. The molecule has 0 aromatic heterocycles. The summed E-state index contributed by atoms with van der Waals surface area (Å²) in [6, 6.07) is 8.36. The summed E-state index contributed by atoms with van der Waals surface area (Å²) in [7, 11) is 0. The molecule has 1 heterocycles. The topological polar surface area (TPSA) is 24.5 Å². The zero-order valence-electron chi connectivity index (χ0n) is 13.0. The molecular weight excluding hydrogens is 319 g/mol. The number of rotatable bonds is 7. The van der Waals surface area contributed by atoms with Crippen molar-refractivity contribution in [3.8, 4) is 5.75 Å². The molecule has 1 saturated heterocycles. The van der Waals surface area contributed by atoms with Crippen LogP contribution in [0.1, 0.15) is 25.7 Å². The van der Waals surface area contributed by atoms with Crippen molar-refractivity contribution in [1.82, 2.24) is 10.2 Å². The van der Waals surface area contributed by atoms with Crippen molar-refractivity contribution in [1.29, 1.82) is 0 Å². The molecule has 3 nitrogen and oxygen atoms in total. The highest BCUT2D eigenvalue weighted by molar-refractivity contribution is 6.30. The second-order valence-corrected chi connectivity index (χ2v) is 6.71. The minimum atomic E-state index is 0. The molecule has 124 valence electrons. The number of piperidine rings is 1. The van der Waals surface area contributed by atoms with Crippen LogP contribution in [-0.4, -0.2) is 43.7 Å². The van der Waals surface area contributed by atoms with Crippen LogP contribution in [0.15, 0.2) is 24.3 Å². The first-order chi connectivity index (χ1) is 10.3. The van der Waals surface area contributed by atoms with Gasteiger partial charge in [-0.15, -0.1) is 12.4 Å². The van der Waals surface area contributed by atoms with Crippen LogP contribution in [0.4, 0.5) is 0 Å². The maximum absolute atomic E-state index is 5.95. The summed E-state index contributed by atoms with van der Waals surface area (Å²) in [6.45, 7) is 5.34. The van der Waals surface area contributed by atoms with E-state index in [0.29, 0.717) is 0 Å². The van der Waals surface area contributed by atoms with E-state index in [1.807, 2.05) is 24.3 Å². The van der Waals surface area contributed by atoms with Crippen LogP contribution >= 0.6 is 24.0 Å². The maximum Gasteiger partial charge on any atom is 0.120 e. The number of hydrogen-bond donors (Lipinski definition) is 1. The monoisotopic (exact) mass is 344 g/mol. The Morgan fingerprint density at radius 1 is 1.18 bits per heavy atom. The Kier molecular flexibility index (Phi) is 7.29. The van der Waals surface area contributed by atoms with Gasteiger partial charge in [0.1, 0.15) is 12.4 Å². The second-order valence-electron chi connectivity index (χ2n) is 6.27. The molecule has 22 heavy (non-hydrogen) atoms. The Hall–Kier alpha value is -0.480. The van der Waals surface area contributed by atoms with Crippen molar-refractivity contribution in [2.24, 2.45) is 5.92 Å². The molecular formula is C17H26Cl2N2O. The molecule has 1 aliphatic carbocycles. The Balaban J connectivity index is 0.00000176. The summed E-state index contributed by atoms with van der Waals surface area (Å²) >= 11 is 5.95. The minimum absolute atomic E-state index is 0. The first-order valence-electron chi connectivity index (χ1n) is 8.14. The molecule has 0 amide bonds. The van der Waals surface area contributed by atoms with Gasteiger partial charge in [-0.3, -0.25) is 4.90 Å². The normalized spacial score (nSPS) is 19.7. The smallest absolute Gasteiger partial charge is 0.120 e. The lowest BCUT2D eigenvalue weighted by Gasteiger charge is -2.32. The zero-order valence-corrected chi connectivity index (χ0v) is 14.5. The van der Waals surface area contributed by atoms with Gasteiger partial charge in [-0.25, -0.2) is 0 Å². The number of benzene rings is 1. The minimum Gasteiger partial charge on any atom is -0.492 e. The van der Waals surface area contributed by atoms with E-state index in [-0.39, 0.29) is 12.4 Å². The third-order valence-electron chi connectivity index (χ3n) is 4.45. The van der Waals surface area contributed by atoms with Gasteiger partial charge in [0.2, 0.25) is 0 Å². The average molecular weight is 345 g/mol. The Morgan fingerprint density at radius 3 is 2.64 bits per heavy atom. The van der Waals surface area contributed by atoms with Crippen molar-refractivity contribution in [2.75, 3.05) is 32.8 Å². The van der Waals surface area contributed by atoms with Crippen molar-refractivity contribution < 1.29 is 4.74 Å². The van der Waals surface area contributed by atoms with Gasteiger partial charge in [-0.1, -0.05) is 17.7 Å². The van der Waals surface area contributed by atoms with Crippen LogP contribution in [0.2, 0.25) is 5.02 Å². The Bertz CT molecular complexity index is 446. The zero-order chi connectivity index (χ0) is 14.5. The SMILES string of the molecule is Cl.Clc1cccc(OCCN2CCC(NCC3CC3)CC2)c1. The first kappa shape index (κ1) is 17.9. The first-order valence-corrected chi connectivity index (χ1v) is 8.51. The van der Waals surface area contributed by atoms with Gasteiger partial charge in [0.25, 0.3) is 0 Å². The van der Waals surface area contributed by atoms with Gasteiger partial charge in [-0.2, -0.15) is 0 Å². The van der Waals surface area contributed by atoms with E-state index in [4.69, 9.17) is 16.3 Å². The number of hydrogen-bond acceptors (Lipinski definition) is 3. The average Bonchev–Trinajstić information content (AvgIpc) is 3.31. The molecule has 1 aliphatic heterocycles. The van der Waals surface area contributed by atoms with Gasteiger partial charge in [0.05, 0.1) is 0 Å². The highest BCUT2D eigenvalue weighted by Gasteiger charge is 2.24. The predicted octanol–water partition coefficient (Wildman–Crippen LogP) is 3.60. The quantitative estimate of drug-likeness (QED) is 0.817. The van der Waals surface area contributed by atoms with Crippen LogP contribution in [-0.2, 0) is 0 Å². The van der Waals surface area contributed by atoms with Gasteiger partial charge >= 0.3 is 0 Å². The lowest BCUT2D eigenvalue weighted by atomic mass is 10.0. The number of halogens is 2. The van der Waals surface area contributed by atoms with E-state index < -0.39 is 0 Å². The van der Waals surface area contributed by atoms with Crippen LogP contribution in [0.5, 0.6) is 5.75 Å². The van der Waals surface area contributed by atoms with E-state index in [9.17, 15) is 0 Å². The molecule has 5 heteroatoms. The van der Waals surface area contributed by atoms with E-state index >= 15 is 0 Å². The third-order valence-corrected chi connectivity index (χ3v) is 4.69. The molecule has 0 unspecified atom stereocenters. The molecule has 1 N–H and O–H groups in total. The Labute approximate surface area is 144 Å². The molecule has 0 bridgehead atoms. The second kappa shape index (κ2) is 8.97. The molecule has 1 aromatic carbocycles. The van der Waals surface area contributed by atoms with Crippen LogP contribution in [0.25, 0.3) is 0 Å². The standard InChI is InChI=1S/C17H25ClN2O.ClH/c18-15-2-1-3-17(12-15)21-11-10-20-8-6-16(7-9-20)19-13-14-4-5-14;/h1-3,12,14,16,19H,4-11,13H2;1H. The molecule has 0 atom stereocenters. The molecule has 3 rings (SSSR count). The van der Waals surface area contributed by atoms with Crippen molar-refractivity contribution >= 4 is 24.0 Å². The molecule has 2 fully saturated rings. The fourth-order valence-corrected chi connectivity index (χ4v) is 3.05. The summed E-state index contributed by atoms with van der Waals surface area (Å²) in [4.78, 5) is 2.50. The van der Waals surface area contributed by atoms with Gasteiger partial charge in [0, 0.05) is 17.6 Å². The van der Waals surface area contributed by atoms with Crippen molar-refractivity contribution in [3.63, 3.8) is 0 Å². The summed E-state index contributed by atoms with van der Waals surface area (Å²) in [6.07, 6.45) is 5.41. The summed E-state index contributed by atoms with van der Waals surface area (Å²) < 4.78 is 5.76. The molecule has 2 aliphatic rings. The number of likely N-dealkylation sites (tertiary alicyclic amines) is 1. The molecule has 0 spiro atoms. The number of nitrogens with one attached hydrogen (secondary N) is 1. The summed E-state index contributed by atoms with van der Waals surface area (Å²) in [5.74, 6) is 1.85. The van der Waals surface area contributed by atoms with E-state index in [1.54, 1.807) is 0 Å². The lowest BCUT2D eigenvalue weighted by Crippen LogP contribution is -2.44. The lowest BCUT2D eigenvalue weighted by molar-refractivity contribution is 0.164. The van der Waals surface area contributed by atoms with E-state index in [1.165, 1.54) is 45.3 Å². The van der Waals surface area contributed by atoms with Crippen LogP contribution < -0.4 is 10.1 Å². The summed E-state index contributed by atoms with van der Waals surface area (Å²) in [5.41, 5.74) is 0. The van der Waals surface area contributed by atoms with Crippen LogP contribution in [0.3, 0.4) is 0 Å². The number of nitrogens with zero attached hydrogens (tertiary/aromatic N) is 1. The third kappa shape index (κ3) is 5.96. The maximum atomic E-state index is 5.95. The van der Waals surface area contributed by atoms with E-state index in [2.05, 4.69) is 10.2 Å². The molecule has 1 saturated carbocycles. The van der Waals surface area contributed by atoms with Crippen molar-refractivity contribution in [3.05, 3.63) is 29.3 Å². The highest BCUT2D eigenvalue weighted by atomic mass is 35.5. The fraction of sp³-hybridized carbons (Fsp3) is 0.647.